The Kier molecular flexibility index (Phi) is 4.19. The molecule has 2 rings (SSSR count). The van der Waals surface area contributed by atoms with Crippen LogP contribution >= 0.6 is 0 Å². The van der Waals surface area contributed by atoms with Gasteiger partial charge in [-0.15, -0.1) is 0 Å². The Morgan fingerprint density at radius 3 is 2.75 bits per heavy atom. The van der Waals surface area contributed by atoms with Gasteiger partial charge in [-0.2, -0.15) is 0 Å². The van der Waals surface area contributed by atoms with Crippen LogP contribution in [0.5, 0.6) is 0 Å². The highest BCUT2D eigenvalue weighted by Gasteiger charge is 2.38. The molecule has 0 aromatic carbocycles. The zero-order valence-corrected chi connectivity index (χ0v) is 10.0. The maximum Gasteiger partial charge on any atom is 0.0558 e. The highest BCUT2D eigenvalue weighted by molar-refractivity contribution is 4.92. The largest absolute Gasteiger partial charge is 0.395 e. The Labute approximate surface area is 97.7 Å². The number of hydrogen-bond donors (Lipinski definition) is 2. The van der Waals surface area contributed by atoms with E-state index < -0.39 is 0 Å². The van der Waals surface area contributed by atoms with Crippen molar-refractivity contribution in [1.29, 1.82) is 0 Å². The molecule has 0 aromatic heterocycles. The smallest absolute Gasteiger partial charge is 0.0558 e. The Morgan fingerprint density at radius 1 is 1.44 bits per heavy atom. The molecule has 4 heteroatoms. The lowest BCUT2D eigenvalue weighted by Gasteiger charge is -2.40. The van der Waals surface area contributed by atoms with Crippen LogP contribution in [0.25, 0.3) is 0 Å². The van der Waals surface area contributed by atoms with E-state index in [4.69, 9.17) is 15.6 Å². The molecule has 0 bridgehead atoms. The standard InChI is InChI=1S/C12H24N2O2/c13-8-12(4-1-7-16-10-12)9-14(5-6-15)11-2-3-11/h11,15H,1-10,13H2. The Hall–Kier alpha value is -0.160. The first-order valence-electron chi connectivity index (χ1n) is 6.42. The van der Waals surface area contributed by atoms with Crippen molar-refractivity contribution in [3.63, 3.8) is 0 Å². The molecule has 1 atom stereocenters. The van der Waals surface area contributed by atoms with Crippen molar-refractivity contribution in [2.75, 3.05) is 39.5 Å². The highest BCUT2D eigenvalue weighted by atomic mass is 16.5. The van der Waals surface area contributed by atoms with E-state index in [1.807, 2.05) is 0 Å². The maximum atomic E-state index is 9.10. The van der Waals surface area contributed by atoms with Gasteiger partial charge in [0.1, 0.15) is 0 Å². The van der Waals surface area contributed by atoms with Gasteiger partial charge in [-0.05, 0) is 25.7 Å². The topological polar surface area (TPSA) is 58.7 Å². The molecule has 2 fully saturated rings. The average Bonchev–Trinajstić information content (AvgIpc) is 3.14. The lowest BCUT2D eigenvalue weighted by Crippen LogP contribution is -2.49. The molecule has 0 radical (unpaired) electrons. The van der Waals surface area contributed by atoms with Gasteiger partial charge in [-0.1, -0.05) is 0 Å². The second-order valence-corrected chi connectivity index (χ2v) is 5.29. The molecule has 0 amide bonds. The number of nitrogens with two attached hydrogens (primary N) is 1. The molecule has 1 aliphatic heterocycles. The molecule has 1 aliphatic carbocycles. The SMILES string of the molecule is NCC1(CN(CCO)C2CC2)CCCOC1. The second kappa shape index (κ2) is 5.45. The first-order valence-corrected chi connectivity index (χ1v) is 6.42. The first kappa shape index (κ1) is 12.3. The number of ether oxygens (including phenoxy) is 1. The van der Waals surface area contributed by atoms with Crippen molar-refractivity contribution in [3.05, 3.63) is 0 Å². The van der Waals surface area contributed by atoms with Crippen LogP contribution in [-0.2, 0) is 4.74 Å². The van der Waals surface area contributed by atoms with Crippen molar-refractivity contribution in [1.82, 2.24) is 4.90 Å². The van der Waals surface area contributed by atoms with Crippen LogP contribution in [0.4, 0.5) is 0 Å². The van der Waals surface area contributed by atoms with Crippen molar-refractivity contribution < 1.29 is 9.84 Å². The maximum absolute atomic E-state index is 9.10. The minimum atomic E-state index is 0.135. The fourth-order valence-corrected chi connectivity index (χ4v) is 2.65. The Bertz CT molecular complexity index is 213. The van der Waals surface area contributed by atoms with Crippen molar-refractivity contribution in [2.45, 2.75) is 31.7 Å². The van der Waals surface area contributed by atoms with Crippen LogP contribution in [0.3, 0.4) is 0 Å². The van der Waals surface area contributed by atoms with Crippen molar-refractivity contribution >= 4 is 0 Å². The molecular weight excluding hydrogens is 204 g/mol. The van der Waals surface area contributed by atoms with Gasteiger partial charge in [-0.3, -0.25) is 4.90 Å². The van der Waals surface area contributed by atoms with Gasteiger partial charge in [0, 0.05) is 37.7 Å². The number of hydrogen-bond acceptors (Lipinski definition) is 4. The average molecular weight is 228 g/mol. The highest BCUT2D eigenvalue weighted by Crippen LogP contribution is 2.33. The van der Waals surface area contributed by atoms with Crippen LogP contribution in [0.2, 0.25) is 0 Å². The van der Waals surface area contributed by atoms with Crippen LogP contribution in [0, 0.1) is 5.41 Å². The molecule has 4 nitrogen and oxygen atoms in total. The van der Waals surface area contributed by atoms with Gasteiger partial charge >= 0.3 is 0 Å². The van der Waals surface area contributed by atoms with E-state index in [2.05, 4.69) is 4.90 Å². The summed E-state index contributed by atoms with van der Waals surface area (Å²) in [5, 5.41) is 9.10. The number of nitrogens with zero attached hydrogens (tertiary/aromatic N) is 1. The second-order valence-electron chi connectivity index (χ2n) is 5.29. The molecule has 1 unspecified atom stereocenters. The van der Waals surface area contributed by atoms with Crippen molar-refractivity contribution in [2.24, 2.45) is 11.1 Å². The van der Waals surface area contributed by atoms with Gasteiger partial charge in [0.05, 0.1) is 13.2 Å². The molecule has 1 heterocycles. The summed E-state index contributed by atoms with van der Waals surface area (Å²) < 4.78 is 5.59. The van der Waals surface area contributed by atoms with Crippen molar-refractivity contribution in [3.8, 4) is 0 Å². The van der Waals surface area contributed by atoms with Gasteiger partial charge in [0.15, 0.2) is 0 Å². The normalized spacial score (nSPS) is 30.9. The predicted octanol–water partition coefficient (Wildman–Crippen LogP) is 0.199. The molecule has 94 valence electrons. The summed E-state index contributed by atoms with van der Waals surface area (Å²) in [4.78, 5) is 2.40. The zero-order valence-electron chi connectivity index (χ0n) is 10.0. The van der Waals surface area contributed by atoms with E-state index in [9.17, 15) is 0 Å². The third-order valence-corrected chi connectivity index (χ3v) is 3.83. The van der Waals surface area contributed by atoms with E-state index >= 15 is 0 Å². The minimum absolute atomic E-state index is 0.135. The molecule has 0 spiro atoms. The van der Waals surface area contributed by atoms with Crippen LogP contribution in [0.1, 0.15) is 25.7 Å². The zero-order chi connectivity index (χ0) is 11.4. The van der Waals surface area contributed by atoms with E-state index in [-0.39, 0.29) is 12.0 Å². The summed E-state index contributed by atoms with van der Waals surface area (Å²) in [6.07, 6.45) is 4.84. The van der Waals surface area contributed by atoms with E-state index in [1.54, 1.807) is 0 Å². The van der Waals surface area contributed by atoms with E-state index in [0.717, 1.165) is 39.1 Å². The number of aliphatic hydroxyl groups is 1. The summed E-state index contributed by atoms with van der Waals surface area (Å²) in [5.41, 5.74) is 6.07. The van der Waals surface area contributed by atoms with Gasteiger partial charge in [-0.25, -0.2) is 0 Å². The third kappa shape index (κ3) is 2.94. The monoisotopic (exact) mass is 228 g/mol. The summed E-state index contributed by atoms with van der Waals surface area (Å²) in [6.45, 7) is 4.39. The molecule has 0 aromatic rings. The summed E-state index contributed by atoms with van der Waals surface area (Å²) in [7, 11) is 0. The fraction of sp³-hybridized carbons (Fsp3) is 1.00. The van der Waals surface area contributed by atoms with Gasteiger partial charge < -0.3 is 15.6 Å². The molecule has 2 aliphatic rings. The number of aliphatic hydroxyl groups excluding tert-OH is 1. The molecule has 1 saturated carbocycles. The van der Waals surface area contributed by atoms with Crippen LogP contribution in [0.15, 0.2) is 0 Å². The summed E-state index contributed by atoms with van der Waals surface area (Å²) in [6, 6.07) is 0.692. The minimum Gasteiger partial charge on any atom is -0.395 e. The fourth-order valence-electron chi connectivity index (χ4n) is 2.65. The predicted molar refractivity (Wildman–Crippen MR) is 63.2 cm³/mol. The molecule has 16 heavy (non-hydrogen) atoms. The summed E-state index contributed by atoms with van der Waals surface area (Å²) in [5.74, 6) is 0. The Morgan fingerprint density at radius 2 is 2.25 bits per heavy atom. The van der Waals surface area contributed by atoms with Crippen LogP contribution < -0.4 is 5.73 Å². The lowest BCUT2D eigenvalue weighted by atomic mass is 9.82. The lowest BCUT2D eigenvalue weighted by molar-refractivity contribution is -0.0251. The van der Waals surface area contributed by atoms with E-state index in [0.29, 0.717) is 12.6 Å². The van der Waals surface area contributed by atoms with Gasteiger partial charge in [0.25, 0.3) is 0 Å². The number of rotatable bonds is 6. The summed E-state index contributed by atoms with van der Waals surface area (Å²) >= 11 is 0. The Balaban J connectivity index is 1.91. The first-order chi connectivity index (χ1) is 7.79. The quantitative estimate of drug-likeness (QED) is 0.682. The molecular formula is C12H24N2O2. The molecule has 3 N–H and O–H groups in total. The van der Waals surface area contributed by atoms with Crippen LogP contribution in [-0.4, -0.2) is 55.5 Å². The third-order valence-electron chi connectivity index (χ3n) is 3.83. The van der Waals surface area contributed by atoms with Gasteiger partial charge in [0.2, 0.25) is 0 Å². The van der Waals surface area contributed by atoms with E-state index in [1.165, 1.54) is 12.8 Å². The molecule has 1 saturated heterocycles.